The van der Waals surface area contributed by atoms with Crippen molar-refractivity contribution in [2.75, 3.05) is 61.7 Å². The molecule has 0 aliphatic carbocycles. The minimum atomic E-state index is -0.00625. The molecule has 2 unspecified atom stereocenters. The molecular formula is C34H64N14. The number of piperidine rings is 2. The van der Waals surface area contributed by atoms with Gasteiger partial charge in [-0.15, -0.1) is 0 Å². The number of rotatable bonds is 13. The Morgan fingerprint density at radius 1 is 0.604 bits per heavy atom. The summed E-state index contributed by atoms with van der Waals surface area (Å²) < 4.78 is 0. The van der Waals surface area contributed by atoms with Gasteiger partial charge in [0.2, 0.25) is 23.8 Å². The second-order valence-electron chi connectivity index (χ2n) is 17.0. The lowest BCUT2D eigenvalue weighted by Gasteiger charge is -2.51. The van der Waals surface area contributed by atoms with Crippen LogP contribution in [0.15, 0.2) is 12.7 Å². The molecule has 0 bridgehead atoms. The van der Waals surface area contributed by atoms with Gasteiger partial charge in [-0.05, 0) is 123 Å². The fourth-order valence-corrected chi connectivity index (χ4v) is 8.04. The monoisotopic (exact) mass is 669 g/mol. The van der Waals surface area contributed by atoms with E-state index < -0.39 is 0 Å². The second-order valence-corrected chi connectivity index (χ2v) is 17.0. The third kappa shape index (κ3) is 9.82. The lowest BCUT2D eigenvalue weighted by atomic mass is 9.79. The molecule has 14 nitrogen and oxygen atoms in total. The van der Waals surface area contributed by atoms with Crippen molar-refractivity contribution in [3.63, 3.8) is 0 Å². The molecule has 0 radical (unpaired) electrons. The van der Waals surface area contributed by atoms with E-state index in [9.17, 15) is 0 Å². The summed E-state index contributed by atoms with van der Waals surface area (Å²) >= 11 is 0. The van der Waals surface area contributed by atoms with Gasteiger partial charge in [-0.25, -0.2) is 19.9 Å². The predicted molar refractivity (Wildman–Crippen MR) is 197 cm³/mol. The van der Waals surface area contributed by atoms with Crippen molar-refractivity contribution in [1.82, 2.24) is 50.3 Å². The SMILES string of the molecule is CC(N(C)C)N(c1ncnc(NCCNc2ncnc(N(C3CC(C)(C)NC(C)(C)C3)C(C)N(C)C)n2)n1)C1CC(C)(C)NC(C)(C)C1. The van der Waals surface area contributed by atoms with Crippen molar-refractivity contribution in [2.45, 2.75) is 141 Å². The molecule has 4 heterocycles. The van der Waals surface area contributed by atoms with E-state index in [2.05, 4.69) is 158 Å². The molecule has 2 aromatic rings. The Hall–Kier alpha value is -2.94. The molecule has 48 heavy (non-hydrogen) atoms. The van der Waals surface area contributed by atoms with Crippen LogP contribution in [-0.4, -0.2) is 128 Å². The normalized spacial score (nSPS) is 21.9. The molecule has 0 aromatic carbocycles. The Bertz CT molecular complexity index is 1210. The van der Waals surface area contributed by atoms with E-state index in [4.69, 9.17) is 9.97 Å². The van der Waals surface area contributed by atoms with Crippen LogP contribution in [0.2, 0.25) is 0 Å². The van der Waals surface area contributed by atoms with Crippen LogP contribution < -0.4 is 31.1 Å². The Morgan fingerprint density at radius 3 is 1.21 bits per heavy atom. The summed E-state index contributed by atoms with van der Waals surface area (Å²) in [4.78, 5) is 37.1. The first-order chi connectivity index (χ1) is 22.2. The van der Waals surface area contributed by atoms with Crippen molar-refractivity contribution >= 4 is 23.8 Å². The number of hydrogen-bond donors (Lipinski definition) is 4. The van der Waals surface area contributed by atoms with E-state index in [-0.39, 0.29) is 46.6 Å². The number of nitrogens with zero attached hydrogens (tertiary/aromatic N) is 10. The van der Waals surface area contributed by atoms with E-state index in [1.165, 1.54) is 0 Å². The highest BCUT2D eigenvalue weighted by Gasteiger charge is 2.43. The average molecular weight is 669 g/mol. The first kappa shape index (κ1) is 37.9. The highest BCUT2D eigenvalue weighted by atomic mass is 15.4. The molecule has 2 aliphatic heterocycles. The molecule has 2 aromatic heterocycles. The maximum absolute atomic E-state index is 4.90. The smallest absolute Gasteiger partial charge is 0.231 e. The van der Waals surface area contributed by atoms with E-state index in [1.807, 2.05) is 0 Å². The molecule has 0 amide bonds. The van der Waals surface area contributed by atoms with Crippen LogP contribution in [-0.2, 0) is 0 Å². The van der Waals surface area contributed by atoms with E-state index in [0.717, 1.165) is 25.7 Å². The molecule has 2 fully saturated rings. The van der Waals surface area contributed by atoms with Gasteiger partial charge in [0.05, 0.1) is 12.3 Å². The fourth-order valence-electron chi connectivity index (χ4n) is 8.04. The summed E-state index contributed by atoms with van der Waals surface area (Å²) in [6, 6.07) is 0.529. The lowest BCUT2D eigenvalue weighted by molar-refractivity contribution is 0.141. The third-order valence-corrected chi connectivity index (χ3v) is 9.70. The molecule has 14 heteroatoms. The zero-order chi connectivity index (χ0) is 35.7. The van der Waals surface area contributed by atoms with E-state index >= 15 is 0 Å². The molecule has 270 valence electrons. The first-order valence-electron chi connectivity index (χ1n) is 17.5. The van der Waals surface area contributed by atoms with Crippen molar-refractivity contribution in [1.29, 1.82) is 0 Å². The van der Waals surface area contributed by atoms with Gasteiger partial charge in [-0.1, -0.05) is 0 Å². The lowest BCUT2D eigenvalue weighted by Crippen LogP contribution is -2.64. The van der Waals surface area contributed by atoms with Gasteiger partial charge in [0.1, 0.15) is 12.7 Å². The molecular weight excluding hydrogens is 604 g/mol. The summed E-state index contributed by atoms with van der Waals surface area (Å²) in [5, 5.41) is 14.4. The number of aromatic nitrogens is 6. The first-order valence-corrected chi connectivity index (χ1v) is 17.5. The van der Waals surface area contributed by atoms with Gasteiger partial charge in [-0.3, -0.25) is 9.80 Å². The third-order valence-electron chi connectivity index (χ3n) is 9.70. The van der Waals surface area contributed by atoms with Crippen molar-refractivity contribution in [2.24, 2.45) is 0 Å². The van der Waals surface area contributed by atoms with Crippen LogP contribution in [0, 0.1) is 0 Å². The molecule has 2 atom stereocenters. The maximum atomic E-state index is 4.90. The Labute approximate surface area is 289 Å². The maximum Gasteiger partial charge on any atom is 0.231 e. The molecule has 0 saturated carbocycles. The summed E-state index contributed by atoms with van der Waals surface area (Å²) in [5.74, 6) is 2.45. The highest BCUT2D eigenvalue weighted by Crippen LogP contribution is 2.36. The van der Waals surface area contributed by atoms with Crippen LogP contribution in [0.4, 0.5) is 23.8 Å². The van der Waals surface area contributed by atoms with Crippen LogP contribution in [0.25, 0.3) is 0 Å². The second kappa shape index (κ2) is 14.5. The van der Waals surface area contributed by atoms with Crippen molar-refractivity contribution in [3.8, 4) is 0 Å². The zero-order valence-electron chi connectivity index (χ0n) is 32.2. The number of anilines is 4. The van der Waals surface area contributed by atoms with Crippen LogP contribution in [0.1, 0.15) is 94.9 Å². The Morgan fingerprint density at radius 2 is 0.917 bits per heavy atom. The fraction of sp³-hybridized carbons (Fsp3) is 0.824. The topological polar surface area (TPSA) is 138 Å². The minimum absolute atomic E-state index is 0.00625. The van der Waals surface area contributed by atoms with Gasteiger partial charge >= 0.3 is 0 Å². The molecule has 2 saturated heterocycles. The van der Waals surface area contributed by atoms with Gasteiger partial charge < -0.3 is 31.1 Å². The number of nitrogens with one attached hydrogen (secondary N) is 4. The van der Waals surface area contributed by atoms with Gasteiger partial charge in [-0.2, -0.15) is 9.97 Å². The Balaban J connectivity index is 1.45. The van der Waals surface area contributed by atoms with Crippen LogP contribution in [0.5, 0.6) is 0 Å². The quantitative estimate of drug-likeness (QED) is 0.183. The molecule has 4 rings (SSSR count). The average Bonchev–Trinajstić information content (AvgIpc) is 2.92. The van der Waals surface area contributed by atoms with Gasteiger partial charge in [0.25, 0.3) is 0 Å². The van der Waals surface area contributed by atoms with Crippen LogP contribution >= 0.6 is 0 Å². The van der Waals surface area contributed by atoms with Gasteiger partial charge in [0, 0.05) is 47.3 Å². The molecule has 4 N–H and O–H groups in total. The number of hydrogen-bond acceptors (Lipinski definition) is 14. The summed E-state index contributed by atoms with van der Waals surface area (Å²) in [5.41, 5.74) is -0.0250. The largest absolute Gasteiger partial charge is 0.352 e. The minimum Gasteiger partial charge on any atom is -0.352 e. The molecule has 2 aliphatic rings. The van der Waals surface area contributed by atoms with Gasteiger partial charge in [0.15, 0.2) is 0 Å². The Kier molecular flexibility index (Phi) is 11.4. The van der Waals surface area contributed by atoms with E-state index in [1.54, 1.807) is 12.7 Å². The van der Waals surface area contributed by atoms with Crippen molar-refractivity contribution < 1.29 is 0 Å². The zero-order valence-corrected chi connectivity index (χ0v) is 32.2. The summed E-state index contributed by atoms with van der Waals surface area (Å²) in [7, 11) is 8.40. The molecule has 0 spiro atoms. The standard InChI is InChI=1S/C34H64N14/c1-23(45(11)12)47(25-17-31(3,4)43-32(5,6)18-25)29-39-21-37-27(41-29)35-15-16-36-28-38-22-40-30(42-28)48(24(2)46(13)14)26-19-33(7,8)44-34(9,10)20-26/h21-26,43-44H,15-20H2,1-14H3,(H,35,37,39,41)(H,36,38,40,42). The summed E-state index contributed by atoms with van der Waals surface area (Å²) in [6.45, 7) is 23.8. The van der Waals surface area contributed by atoms with Crippen molar-refractivity contribution in [3.05, 3.63) is 12.7 Å². The predicted octanol–water partition coefficient (Wildman–Crippen LogP) is 3.63. The summed E-state index contributed by atoms with van der Waals surface area (Å²) in [6.07, 6.45) is 7.35. The highest BCUT2D eigenvalue weighted by molar-refractivity contribution is 5.41. The van der Waals surface area contributed by atoms with E-state index in [0.29, 0.717) is 36.9 Å². The van der Waals surface area contributed by atoms with Crippen LogP contribution in [0.3, 0.4) is 0 Å².